The smallest absolute Gasteiger partial charge is 0.243 e. The third kappa shape index (κ3) is 3.17. The second kappa shape index (κ2) is 5.64. The normalized spacial score (nSPS) is 11.7. The first-order valence-corrected chi connectivity index (χ1v) is 7.46. The van der Waals surface area contributed by atoms with Crippen LogP contribution in [0.2, 0.25) is 0 Å². The summed E-state index contributed by atoms with van der Waals surface area (Å²) in [5.41, 5.74) is 6.35. The maximum atomic E-state index is 13.7. The van der Waals surface area contributed by atoms with E-state index in [4.69, 9.17) is 10.2 Å². The maximum Gasteiger partial charge on any atom is 0.243 e. The number of rotatable bonds is 5. The van der Waals surface area contributed by atoms with E-state index in [1.807, 2.05) is 0 Å². The molecule has 3 N–H and O–H groups in total. The van der Waals surface area contributed by atoms with E-state index in [1.54, 1.807) is 19.1 Å². The van der Waals surface area contributed by atoms with Gasteiger partial charge in [-0.2, -0.15) is 0 Å². The maximum absolute atomic E-state index is 13.7. The van der Waals surface area contributed by atoms with E-state index in [2.05, 4.69) is 4.72 Å². The zero-order valence-electron chi connectivity index (χ0n) is 10.9. The van der Waals surface area contributed by atoms with Crippen molar-refractivity contribution < 1.29 is 17.2 Å². The minimum absolute atomic E-state index is 0.114. The second-order valence-corrected chi connectivity index (χ2v) is 6.10. The fraction of sp³-hybridized carbons (Fsp3) is 0.231. The fourth-order valence-corrected chi connectivity index (χ4v) is 2.84. The van der Waals surface area contributed by atoms with Gasteiger partial charge < -0.3 is 10.2 Å². The quantitative estimate of drug-likeness (QED) is 0.825. The molecule has 0 aliphatic rings. The first-order chi connectivity index (χ1) is 9.40. The van der Waals surface area contributed by atoms with Crippen molar-refractivity contribution in [3.8, 4) is 0 Å². The van der Waals surface area contributed by atoms with Crippen LogP contribution in [-0.2, 0) is 16.4 Å². The Hall–Kier alpha value is -1.86. The lowest BCUT2D eigenvalue weighted by molar-refractivity contribution is 0.505. The van der Waals surface area contributed by atoms with Crippen molar-refractivity contribution in [1.29, 1.82) is 0 Å². The van der Waals surface area contributed by atoms with Gasteiger partial charge in [-0.25, -0.2) is 17.5 Å². The van der Waals surface area contributed by atoms with E-state index in [-0.39, 0.29) is 12.2 Å². The third-order valence-corrected chi connectivity index (χ3v) is 4.33. The molecular formula is C13H15FN2O3S. The van der Waals surface area contributed by atoms with Gasteiger partial charge in [-0.05, 0) is 36.8 Å². The molecule has 2 rings (SSSR count). The number of nitrogens with two attached hydrogens (primary N) is 1. The van der Waals surface area contributed by atoms with Crippen molar-refractivity contribution in [2.45, 2.75) is 18.2 Å². The van der Waals surface area contributed by atoms with Crippen LogP contribution in [0.3, 0.4) is 0 Å². The van der Waals surface area contributed by atoms with Crippen LogP contribution in [0.15, 0.2) is 39.8 Å². The molecule has 0 saturated carbocycles. The fourth-order valence-electron chi connectivity index (χ4n) is 1.72. The largest absolute Gasteiger partial charge is 0.469 e. The van der Waals surface area contributed by atoms with E-state index >= 15 is 0 Å². The van der Waals surface area contributed by atoms with Gasteiger partial charge in [0.25, 0.3) is 0 Å². The van der Waals surface area contributed by atoms with Crippen LogP contribution < -0.4 is 10.5 Å². The highest BCUT2D eigenvalue weighted by Crippen LogP contribution is 2.21. The van der Waals surface area contributed by atoms with Crippen molar-refractivity contribution in [3.05, 3.63) is 47.7 Å². The zero-order valence-corrected chi connectivity index (χ0v) is 11.7. The van der Waals surface area contributed by atoms with E-state index in [1.165, 1.54) is 6.26 Å². The molecule has 0 amide bonds. The lowest BCUT2D eigenvalue weighted by atomic mass is 10.2. The lowest BCUT2D eigenvalue weighted by Gasteiger charge is -2.09. The zero-order chi connectivity index (χ0) is 14.8. The average molecular weight is 298 g/mol. The molecule has 0 radical (unpaired) electrons. The van der Waals surface area contributed by atoms with Crippen molar-refractivity contribution in [3.63, 3.8) is 0 Å². The van der Waals surface area contributed by atoms with E-state index < -0.39 is 20.7 Å². The highest BCUT2D eigenvalue weighted by molar-refractivity contribution is 7.89. The van der Waals surface area contributed by atoms with Crippen LogP contribution in [0, 0.1) is 12.7 Å². The van der Waals surface area contributed by atoms with Crippen molar-refractivity contribution in [2.75, 3.05) is 12.3 Å². The molecule has 1 aromatic heterocycles. The Labute approximate surface area is 116 Å². The highest BCUT2D eigenvalue weighted by atomic mass is 32.2. The summed E-state index contributed by atoms with van der Waals surface area (Å²) in [6.07, 6.45) is 1.89. The second-order valence-electron chi connectivity index (χ2n) is 4.37. The van der Waals surface area contributed by atoms with Gasteiger partial charge in [0.1, 0.15) is 16.5 Å². The molecule has 1 aromatic carbocycles. The SMILES string of the molecule is Cc1cc(F)c(S(=O)(=O)NCCc2ccco2)cc1N. The van der Waals surface area contributed by atoms with Gasteiger partial charge in [-0.3, -0.25) is 0 Å². The average Bonchev–Trinajstić information content (AvgIpc) is 2.86. The molecule has 108 valence electrons. The summed E-state index contributed by atoms with van der Waals surface area (Å²) in [4.78, 5) is -0.444. The van der Waals surface area contributed by atoms with Gasteiger partial charge in [0.15, 0.2) is 0 Å². The molecule has 20 heavy (non-hydrogen) atoms. The standard InChI is InChI=1S/C13H15FN2O3S/c1-9-7-11(14)13(8-12(9)15)20(17,18)16-5-4-10-3-2-6-19-10/h2-3,6-8,16H,4-5,15H2,1H3. The monoisotopic (exact) mass is 298 g/mol. The first kappa shape index (κ1) is 14.5. The number of anilines is 1. The molecule has 2 aromatic rings. The van der Waals surface area contributed by atoms with Crippen molar-refractivity contribution >= 4 is 15.7 Å². The number of hydrogen-bond donors (Lipinski definition) is 2. The van der Waals surface area contributed by atoms with E-state index in [0.29, 0.717) is 17.7 Å². The van der Waals surface area contributed by atoms with Gasteiger partial charge in [-0.1, -0.05) is 0 Å². The summed E-state index contributed by atoms with van der Waals surface area (Å²) in [5, 5.41) is 0. The van der Waals surface area contributed by atoms with Gasteiger partial charge in [0, 0.05) is 18.7 Å². The number of aryl methyl sites for hydroxylation is 1. The van der Waals surface area contributed by atoms with Crippen LogP contribution >= 0.6 is 0 Å². The van der Waals surface area contributed by atoms with Gasteiger partial charge in [0.05, 0.1) is 6.26 Å². The minimum atomic E-state index is -3.93. The van der Waals surface area contributed by atoms with Crippen LogP contribution in [0.25, 0.3) is 0 Å². The summed E-state index contributed by atoms with van der Waals surface area (Å²) >= 11 is 0. The lowest BCUT2D eigenvalue weighted by Crippen LogP contribution is -2.27. The minimum Gasteiger partial charge on any atom is -0.469 e. The first-order valence-electron chi connectivity index (χ1n) is 5.98. The number of hydrogen-bond acceptors (Lipinski definition) is 4. The molecular weight excluding hydrogens is 283 g/mol. The number of nitrogen functional groups attached to an aromatic ring is 1. The molecule has 0 aliphatic heterocycles. The topological polar surface area (TPSA) is 85.3 Å². The van der Waals surface area contributed by atoms with Crippen LogP contribution in [-0.4, -0.2) is 15.0 Å². The number of sulfonamides is 1. The molecule has 0 atom stereocenters. The summed E-state index contributed by atoms with van der Waals surface area (Å²) in [5.74, 6) is -0.168. The molecule has 7 heteroatoms. The third-order valence-electron chi connectivity index (χ3n) is 2.85. The van der Waals surface area contributed by atoms with E-state index in [9.17, 15) is 12.8 Å². The van der Waals surface area contributed by atoms with Gasteiger partial charge in [0.2, 0.25) is 10.0 Å². The van der Waals surface area contributed by atoms with Gasteiger partial charge in [-0.15, -0.1) is 0 Å². The summed E-state index contributed by atoms with van der Waals surface area (Å²) in [7, 11) is -3.93. The molecule has 0 spiro atoms. The molecule has 0 aliphatic carbocycles. The Bertz CT molecular complexity index is 697. The highest BCUT2D eigenvalue weighted by Gasteiger charge is 2.20. The Morgan fingerprint density at radius 2 is 2.15 bits per heavy atom. The molecule has 1 heterocycles. The molecule has 0 bridgehead atoms. The molecule has 0 saturated heterocycles. The summed E-state index contributed by atoms with van der Waals surface area (Å²) in [6, 6.07) is 5.68. The predicted molar refractivity (Wildman–Crippen MR) is 73.1 cm³/mol. The predicted octanol–water partition coefficient (Wildman–Crippen LogP) is 1.83. The number of halogens is 1. The Balaban J connectivity index is 2.12. The summed E-state index contributed by atoms with van der Waals surface area (Å²) < 4.78 is 45.2. The Kier molecular flexibility index (Phi) is 4.10. The molecule has 0 unspecified atom stereocenters. The number of furan rings is 1. The van der Waals surface area contributed by atoms with Crippen LogP contribution in [0.1, 0.15) is 11.3 Å². The molecule has 5 nitrogen and oxygen atoms in total. The van der Waals surface area contributed by atoms with E-state index in [0.717, 1.165) is 12.1 Å². The van der Waals surface area contributed by atoms with Crippen LogP contribution in [0.5, 0.6) is 0 Å². The Morgan fingerprint density at radius 1 is 1.40 bits per heavy atom. The van der Waals surface area contributed by atoms with Gasteiger partial charge >= 0.3 is 0 Å². The number of nitrogens with one attached hydrogen (secondary N) is 1. The van der Waals surface area contributed by atoms with Crippen molar-refractivity contribution in [1.82, 2.24) is 4.72 Å². The summed E-state index contributed by atoms with van der Waals surface area (Å²) in [6.45, 7) is 1.72. The Morgan fingerprint density at radius 3 is 2.80 bits per heavy atom. The van der Waals surface area contributed by atoms with Crippen molar-refractivity contribution in [2.24, 2.45) is 0 Å². The van der Waals surface area contributed by atoms with Crippen LogP contribution in [0.4, 0.5) is 10.1 Å². The molecule has 0 fully saturated rings. The number of benzene rings is 1.